The van der Waals surface area contributed by atoms with Crippen molar-refractivity contribution in [3.8, 4) is 12.1 Å². The van der Waals surface area contributed by atoms with Gasteiger partial charge in [-0.2, -0.15) is 10.5 Å². The highest BCUT2D eigenvalue weighted by Crippen LogP contribution is 2.15. The van der Waals surface area contributed by atoms with E-state index in [0.29, 0.717) is 5.56 Å². The molecule has 1 atom stereocenters. The Kier molecular flexibility index (Phi) is 3.93. The number of hydrogen-bond acceptors (Lipinski definition) is 5. The average Bonchev–Trinajstić information content (AvgIpc) is 2.35. The van der Waals surface area contributed by atoms with E-state index in [1.165, 1.54) is 36.4 Å². The predicted molar refractivity (Wildman–Crippen MR) is 58.3 cm³/mol. The van der Waals surface area contributed by atoms with Gasteiger partial charge < -0.3 is 5.11 Å². The Labute approximate surface area is 96.8 Å². The first-order valence-corrected chi connectivity index (χ1v) is 4.52. The molecule has 0 bridgehead atoms. The van der Waals surface area contributed by atoms with Crippen LogP contribution in [0.4, 0.5) is 5.69 Å². The molecular weight excluding hydrogens is 222 g/mol. The monoisotopic (exact) mass is 229 g/mol. The lowest BCUT2D eigenvalue weighted by molar-refractivity contribution is -0.384. The third kappa shape index (κ3) is 3.13. The summed E-state index contributed by atoms with van der Waals surface area (Å²) in [7, 11) is 0. The molecule has 0 aliphatic heterocycles. The van der Waals surface area contributed by atoms with Crippen LogP contribution in [0.1, 0.15) is 5.56 Å². The number of benzene rings is 1. The minimum absolute atomic E-state index is 0.0681. The molecule has 84 valence electrons. The van der Waals surface area contributed by atoms with E-state index in [4.69, 9.17) is 15.6 Å². The van der Waals surface area contributed by atoms with Crippen LogP contribution < -0.4 is 0 Å². The summed E-state index contributed by atoms with van der Waals surface area (Å²) in [6.07, 6.45) is -0.187. The second kappa shape index (κ2) is 5.40. The van der Waals surface area contributed by atoms with E-state index >= 15 is 0 Å². The van der Waals surface area contributed by atoms with E-state index < -0.39 is 11.0 Å². The zero-order valence-electron chi connectivity index (χ0n) is 8.57. The molecule has 17 heavy (non-hydrogen) atoms. The SMILES string of the molecule is N#C/C(=C/c1ccc([N+](=O)[O-])cc1)C(O)C#N. The maximum Gasteiger partial charge on any atom is 0.269 e. The third-order valence-corrected chi connectivity index (χ3v) is 1.97. The molecule has 1 N–H and O–H groups in total. The molecule has 0 aliphatic carbocycles. The van der Waals surface area contributed by atoms with E-state index in [0.717, 1.165) is 0 Å². The number of nitrogens with zero attached hydrogens (tertiary/aromatic N) is 3. The molecule has 1 rings (SSSR count). The summed E-state index contributed by atoms with van der Waals surface area (Å²) in [4.78, 5) is 9.86. The fraction of sp³-hybridized carbons (Fsp3) is 0.0909. The molecule has 0 fully saturated rings. The maximum absolute atomic E-state index is 10.4. The lowest BCUT2D eigenvalue weighted by Crippen LogP contribution is -2.04. The summed E-state index contributed by atoms with van der Waals surface area (Å²) in [5.74, 6) is 0. The standard InChI is InChI=1S/C11H7N3O3/c12-6-9(11(15)7-13)5-8-1-3-10(4-2-8)14(16)17/h1-5,11,15H/b9-5-. The Morgan fingerprint density at radius 2 is 2.00 bits per heavy atom. The molecule has 0 amide bonds. The number of rotatable bonds is 3. The van der Waals surface area contributed by atoms with Crippen molar-refractivity contribution in [1.29, 1.82) is 10.5 Å². The van der Waals surface area contributed by atoms with Crippen molar-refractivity contribution >= 4 is 11.8 Å². The first-order chi connectivity index (χ1) is 8.08. The van der Waals surface area contributed by atoms with Crippen LogP contribution in [0, 0.1) is 32.8 Å². The third-order valence-electron chi connectivity index (χ3n) is 1.97. The molecular formula is C11H7N3O3. The lowest BCUT2D eigenvalue weighted by atomic mass is 10.1. The molecule has 0 saturated heterocycles. The topological polar surface area (TPSA) is 111 Å². The van der Waals surface area contributed by atoms with E-state index in [9.17, 15) is 10.1 Å². The molecule has 0 heterocycles. The van der Waals surface area contributed by atoms with Crippen LogP contribution in [0.15, 0.2) is 29.8 Å². The lowest BCUT2D eigenvalue weighted by Gasteiger charge is -1.99. The second-order valence-corrected chi connectivity index (χ2v) is 3.09. The van der Waals surface area contributed by atoms with Gasteiger partial charge in [0.1, 0.15) is 0 Å². The molecule has 0 radical (unpaired) electrons. The normalized spacial score (nSPS) is 12.3. The first-order valence-electron chi connectivity index (χ1n) is 4.52. The fourth-order valence-corrected chi connectivity index (χ4v) is 1.11. The molecule has 1 aromatic rings. The summed E-state index contributed by atoms with van der Waals surface area (Å²) in [5.41, 5.74) is 0.323. The highest BCUT2D eigenvalue weighted by molar-refractivity contribution is 5.60. The summed E-state index contributed by atoms with van der Waals surface area (Å²) in [6, 6.07) is 8.63. The number of non-ortho nitro benzene ring substituents is 1. The molecule has 1 aromatic carbocycles. The van der Waals surface area contributed by atoms with Gasteiger partial charge in [-0.1, -0.05) is 0 Å². The highest BCUT2D eigenvalue weighted by atomic mass is 16.6. The Morgan fingerprint density at radius 1 is 1.41 bits per heavy atom. The minimum Gasteiger partial charge on any atom is -0.373 e. The Morgan fingerprint density at radius 3 is 2.41 bits per heavy atom. The number of aliphatic hydroxyl groups is 1. The zero-order chi connectivity index (χ0) is 12.8. The van der Waals surface area contributed by atoms with Crippen LogP contribution in [-0.2, 0) is 0 Å². The number of nitro groups is 1. The number of hydrogen-bond donors (Lipinski definition) is 1. The van der Waals surface area contributed by atoms with Crippen LogP contribution in [0.3, 0.4) is 0 Å². The summed E-state index contributed by atoms with van der Waals surface area (Å²) < 4.78 is 0. The van der Waals surface area contributed by atoms with Gasteiger partial charge >= 0.3 is 0 Å². The van der Waals surface area contributed by atoms with Gasteiger partial charge in [0.05, 0.1) is 22.6 Å². The quantitative estimate of drug-likeness (QED) is 0.364. The maximum atomic E-state index is 10.4. The number of aliphatic hydroxyl groups excluding tert-OH is 1. The summed E-state index contributed by atoms with van der Waals surface area (Å²) >= 11 is 0. The van der Waals surface area contributed by atoms with Gasteiger partial charge in [-0.25, -0.2) is 0 Å². The van der Waals surface area contributed by atoms with E-state index in [2.05, 4.69) is 0 Å². The largest absolute Gasteiger partial charge is 0.373 e. The van der Waals surface area contributed by atoms with Crippen molar-refractivity contribution in [2.75, 3.05) is 0 Å². The van der Waals surface area contributed by atoms with Crippen molar-refractivity contribution in [3.05, 3.63) is 45.5 Å². The van der Waals surface area contributed by atoms with E-state index in [1.54, 1.807) is 6.07 Å². The zero-order valence-corrected chi connectivity index (χ0v) is 8.57. The Balaban J connectivity index is 3.03. The van der Waals surface area contributed by atoms with Gasteiger partial charge in [0, 0.05) is 12.1 Å². The molecule has 0 saturated carbocycles. The van der Waals surface area contributed by atoms with Crippen molar-refractivity contribution < 1.29 is 10.0 Å². The molecule has 0 spiro atoms. The van der Waals surface area contributed by atoms with Crippen LogP contribution in [-0.4, -0.2) is 16.1 Å². The van der Waals surface area contributed by atoms with Crippen LogP contribution >= 0.6 is 0 Å². The van der Waals surface area contributed by atoms with E-state index in [1.807, 2.05) is 0 Å². The van der Waals surface area contributed by atoms with Gasteiger partial charge in [0.2, 0.25) is 0 Å². The van der Waals surface area contributed by atoms with Crippen molar-refractivity contribution in [2.24, 2.45) is 0 Å². The fourth-order valence-electron chi connectivity index (χ4n) is 1.11. The molecule has 6 nitrogen and oxygen atoms in total. The van der Waals surface area contributed by atoms with Crippen LogP contribution in [0.5, 0.6) is 0 Å². The van der Waals surface area contributed by atoms with Gasteiger partial charge in [0.25, 0.3) is 5.69 Å². The summed E-state index contributed by atoms with van der Waals surface area (Å²) in [5, 5.41) is 36.7. The highest BCUT2D eigenvalue weighted by Gasteiger charge is 2.09. The number of nitro benzene ring substituents is 1. The smallest absolute Gasteiger partial charge is 0.269 e. The molecule has 0 aromatic heterocycles. The Bertz CT molecular complexity index is 535. The van der Waals surface area contributed by atoms with Gasteiger partial charge in [-0.3, -0.25) is 10.1 Å². The van der Waals surface area contributed by atoms with Crippen molar-refractivity contribution in [2.45, 2.75) is 6.10 Å². The Hall–Kier alpha value is -2.70. The second-order valence-electron chi connectivity index (χ2n) is 3.09. The molecule has 0 aliphatic rings. The number of nitriles is 2. The van der Waals surface area contributed by atoms with E-state index in [-0.39, 0.29) is 11.3 Å². The first kappa shape index (κ1) is 12.4. The average molecular weight is 229 g/mol. The summed E-state index contributed by atoms with van der Waals surface area (Å²) in [6.45, 7) is 0. The minimum atomic E-state index is -1.49. The van der Waals surface area contributed by atoms with Crippen LogP contribution in [0.25, 0.3) is 6.08 Å². The predicted octanol–water partition coefficient (Wildman–Crippen LogP) is 1.39. The molecule has 1 unspecified atom stereocenters. The van der Waals surface area contributed by atoms with Crippen LogP contribution in [0.2, 0.25) is 0 Å². The van der Waals surface area contributed by atoms with Gasteiger partial charge in [0.15, 0.2) is 6.10 Å². The van der Waals surface area contributed by atoms with Gasteiger partial charge in [-0.15, -0.1) is 0 Å². The van der Waals surface area contributed by atoms with Gasteiger partial charge in [-0.05, 0) is 23.8 Å². The van der Waals surface area contributed by atoms with Crippen molar-refractivity contribution in [1.82, 2.24) is 0 Å². The van der Waals surface area contributed by atoms with Crippen molar-refractivity contribution in [3.63, 3.8) is 0 Å². The molecule has 6 heteroatoms.